The fourth-order valence-corrected chi connectivity index (χ4v) is 2.90. The molecule has 1 aliphatic heterocycles. The van der Waals surface area contributed by atoms with Gasteiger partial charge in [-0.2, -0.15) is 4.98 Å². The predicted octanol–water partition coefficient (Wildman–Crippen LogP) is 2.68. The lowest BCUT2D eigenvalue weighted by atomic mass is 10.00. The SMILES string of the molecule is CCNC(=NCCc1nc(C)no1)N1CC=C(c2ccccc2)CC1. The maximum absolute atomic E-state index is 5.14. The number of nitrogens with one attached hydrogen (secondary N) is 1. The van der Waals surface area contributed by atoms with Gasteiger partial charge in [0.1, 0.15) is 0 Å². The summed E-state index contributed by atoms with van der Waals surface area (Å²) in [7, 11) is 0. The lowest BCUT2D eigenvalue weighted by molar-refractivity contribution is 0.375. The highest BCUT2D eigenvalue weighted by Crippen LogP contribution is 2.21. The summed E-state index contributed by atoms with van der Waals surface area (Å²) in [6, 6.07) is 10.6. The van der Waals surface area contributed by atoms with E-state index in [4.69, 9.17) is 9.52 Å². The van der Waals surface area contributed by atoms with Gasteiger partial charge in [-0.3, -0.25) is 4.99 Å². The second kappa shape index (κ2) is 8.46. The molecule has 0 amide bonds. The third-order valence-corrected chi connectivity index (χ3v) is 4.15. The lowest BCUT2D eigenvalue weighted by Gasteiger charge is -2.29. The monoisotopic (exact) mass is 339 g/mol. The van der Waals surface area contributed by atoms with E-state index >= 15 is 0 Å². The van der Waals surface area contributed by atoms with Crippen LogP contribution in [0.3, 0.4) is 0 Å². The Hall–Kier alpha value is -2.63. The van der Waals surface area contributed by atoms with Crippen LogP contribution in [-0.4, -0.2) is 47.2 Å². The van der Waals surface area contributed by atoms with Gasteiger partial charge in [0, 0.05) is 26.1 Å². The van der Waals surface area contributed by atoms with Crippen LogP contribution in [-0.2, 0) is 6.42 Å². The Morgan fingerprint density at radius 2 is 2.16 bits per heavy atom. The molecule has 132 valence electrons. The second-order valence-corrected chi connectivity index (χ2v) is 6.01. The number of aryl methyl sites for hydroxylation is 1. The first-order valence-corrected chi connectivity index (χ1v) is 8.83. The molecule has 1 aromatic carbocycles. The Morgan fingerprint density at radius 3 is 2.80 bits per heavy atom. The van der Waals surface area contributed by atoms with Gasteiger partial charge in [-0.25, -0.2) is 0 Å². The quantitative estimate of drug-likeness (QED) is 0.670. The van der Waals surface area contributed by atoms with Crippen molar-refractivity contribution in [1.29, 1.82) is 0 Å². The molecule has 0 atom stereocenters. The molecule has 0 aliphatic carbocycles. The molecule has 2 heterocycles. The number of nitrogens with zero attached hydrogens (tertiary/aromatic N) is 4. The molecule has 2 aromatic rings. The maximum atomic E-state index is 5.14. The van der Waals surface area contributed by atoms with E-state index in [0.717, 1.165) is 32.0 Å². The highest BCUT2D eigenvalue weighted by Gasteiger charge is 2.16. The van der Waals surface area contributed by atoms with Crippen molar-refractivity contribution in [1.82, 2.24) is 20.4 Å². The van der Waals surface area contributed by atoms with Crippen LogP contribution in [0.2, 0.25) is 0 Å². The number of benzene rings is 1. The van der Waals surface area contributed by atoms with E-state index in [1.165, 1.54) is 11.1 Å². The van der Waals surface area contributed by atoms with E-state index in [0.29, 0.717) is 24.7 Å². The van der Waals surface area contributed by atoms with Crippen molar-refractivity contribution in [2.75, 3.05) is 26.2 Å². The Morgan fingerprint density at radius 1 is 1.32 bits per heavy atom. The smallest absolute Gasteiger partial charge is 0.228 e. The Labute approximate surface area is 148 Å². The third kappa shape index (κ3) is 4.68. The van der Waals surface area contributed by atoms with Gasteiger partial charge in [-0.05, 0) is 31.4 Å². The van der Waals surface area contributed by atoms with Crippen LogP contribution in [0.15, 0.2) is 45.9 Å². The minimum absolute atomic E-state index is 0.635. The summed E-state index contributed by atoms with van der Waals surface area (Å²) in [5.74, 6) is 2.25. The summed E-state index contributed by atoms with van der Waals surface area (Å²) < 4.78 is 5.14. The molecule has 0 saturated carbocycles. The van der Waals surface area contributed by atoms with Crippen LogP contribution >= 0.6 is 0 Å². The van der Waals surface area contributed by atoms with Gasteiger partial charge in [-0.15, -0.1) is 0 Å². The molecule has 0 spiro atoms. The van der Waals surface area contributed by atoms with Crippen LogP contribution in [0.1, 0.15) is 30.6 Å². The van der Waals surface area contributed by atoms with Crippen molar-refractivity contribution < 1.29 is 4.52 Å². The molecule has 0 radical (unpaired) electrons. The Kier molecular flexibility index (Phi) is 5.82. The molecule has 0 unspecified atom stereocenters. The molecule has 1 N–H and O–H groups in total. The first kappa shape index (κ1) is 17.2. The number of aliphatic imine (C=N–C) groups is 1. The van der Waals surface area contributed by atoms with Crippen molar-refractivity contribution >= 4 is 11.5 Å². The number of aromatic nitrogens is 2. The van der Waals surface area contributed by atoms with Crippen molar-refractivity contribution in [2.24, 2.45) is 4.99 Å². The molecule has 25 heavy (non-hydrogen) atoms. The topological polar surface area (TPSA) is 66.5 Å². The van der Waals surface area contributed by atoms with Crippen molar-refractivity contribution in [3.63, 3.8) is 0 Å². The van der Waals surface area contributed by atoms with Gasteiger partial charge in [0.05, 0.1) is 6.54 Å². The fraction of sp³-hybridized carbons (Fsp3) is 0.421. The van der Waals surface area contributed by atoms with Crippen LogP contribution in [0, 0.1) is 6.92 Å². The van der Waals surface area contributed by atoms with Crippen LogP contribution in [0.5, 0.6) is 0 Å². The van der Waals surface area contributed by atoms with E-state index in [-0.39, 0.29) is 0 Å². The number of rotatable bonds is 5. The normalized spacial score (nSPS) is 15.2. The summed E-state index contributed by atoms with van der Waals surface area (Å²) in [6.45, 7) is 7.23. The Balaban J connectivity index is 1.61. The molecule has 3 rings (SSSR count). The number of hydrogen-bond donors (Lipinski definition) is 1. The maximum Gasteiger partial charge on any atom is 0.228 e. The lowest BCUT2D eigenvalue weighted by Crippen LogP contribution is -2.43. The number of hydrogen-bond acceptors (Lipinski definition) is 4. The molecular formula is C19H25N5O. The van der Waals surface area contributed by atoms with Crippen molar-refractivity contribution in [3.8, 4) is 0 Å². The van der Waals surface area contributed by atoms with Crippen molar-refractivity contribution in [3.05, 3.63) is 53.7 Å². The standard InChI is InChI=1S/C19H25N5O/c1-3-20-19(21-12-9-18-22-15(2)23-25-18)24-13-10-17(11-14-24)16-7-5-4-6-8-16/h4-8,10H,3,9,11-14H2,1-2H3,(H,20,21). The van der Waals surface area contributed by atoms with Gasteiger partial charge >= 0.3 is 0 Å². The van der Waals surface area contributed by atoms with Crippen LogP contribution in [0.4, 0.5) is 0 Å². The van der Waals surface area contributed by atoms with Gasteiger partial charge < -0.3 is 14.7 Å². The Bertz CT molecular complexity index is 735. The van der Waals surface area contributed by atoms with E-state index in [9.17, 15) is 0 Å². The van der Waals surface area contributed by atoms with Gasteiger partial charge in [0.15, 0.2) is 11.8 Å². The summed E-state index contributed by atoms with van der Waals surface area (Å²) in [6.07, 6.45) is 3.99. The fourth-order valence-electron chi connectivity index (χ4n) is 2.90. The summed E-state index contributed by atoms with van der Waals surface area (Å²) >= 11 is 0. The molecule has 6 nitrogen and oxygen atoms in total. The largest absolute Gasteiger partial charge is 0.357 e. The molecular weight excluding hydrogens is 314 g/mol. The van der Waals surface area contributed by atoms with Crippen LogP contribution < -0.4 is 5.32 Å². The van der Waals surface area contributed by atoms with Gasteiger partial charge in [0.2, 0.25) is 5.89 Å². The average molecular weight is 339 g/mol. The third-order valence-electron chi connectivity index (χ3n) is 4.15. The van der Waals surface area contributed by atoms with E-state index in [2.05, 4.69) is 63.7 Å². The molecule has 1 aliphatic rings. The van der Waals surface area contributed by atoms with Crippen LogP contribution in [0.25, 0.3) is 5.57 Å². The first-order valence-electron chi connectivity index (χ1n) is 8.83. The average Bonchev–Trinajstić information content (AvgIpc) is 3.07. The summed E-state index contributed by atoms with van der Waals surface area (Å²) in [5, 5.41) is 7.19. The van der Waals surface area contributed by atoms with Gasteiger partial charge in [0.25, 0.3) is 0 Å². The molecule has 1 aromatic heterocycles. The molecule has 0 bridgehead atoms. The zero-order valence-electron chi connectivity index (χ0n) is 14.9. The molecule has 0 fully saturated rings. The minimum atomic E-state index is 0.635. The van der Waals surface area contributed by atoms with E-state index < -0.39 is 0 Å². The first-order chi connectivity index (χ1) is 12.3. The zero-order valence-corrected chi connectivity index (χ0v) is 14.9. The van der Waals surface area contributed by atoms with Crippen molar-refractivity contribution in [2.45, 2.75) is 26.7 Å². The second-order valence-electron chi connectivity index (χ2n) is 6.01. The highest BCUT2D eigenvalue weighted by atomic mass is 16.5. The zero-order chi connectivity index (χ0) is 17.5. The predicted molar refractivity (Wildman–Crippen MR) is 99.3 cm³/mol. The molecule has 0 saturated heterocycles. The van der Waals surface area contributed by atoms with E-state index in [1.807, 2.05) is 6.92 Å². The highest BCUT2D eigenvalue weighted by molar-refractivity contribution is 5.81. The summed E-state index contributed by atoms with van der Waals surface area (Å²) in [5.41, 5.74) is 2.73. The number of guanidine groups is 1. The van der Waals surface area contributed by atoms with Gasteiger partial charge in [-0.1, -0.05) is 41.6 Å². The van der Waals surface area contributed by atoms with E-state index in [1.54, 1.807) is 0 Å². The summed E-state index contributed by atoms with van der Waals surface area (Å²) in [4.78, 5) is 11.2. The minimum Gasteiger partial charge on any atom is -0.357 e. The molecule has 6 heteroatoms.